The molecule has 0 spiro atoms. The molecule has 8 nitrogen and oxygen atoms in total. The molecular formula is C34H36N2O6. The van der Waals surface area contributed by atoms with E-state index in [-0.39, 0.29) is 24.8 Å². The molecule has 1 atom stereocenters. The third-order valence-corrected chi connectivity index (χ3v) is 6.94. The number of ether oxygens (including phenoxy) is 4. The van der Waals surface area contributed by atoms with E-state index < -0.39 is 6.04 Å². The SMILES string of the molecule is COc1ccc(CNC(=O)[C@@H](c2ccccc2)N(Cc2ccc(OC)cc2)C(=O)Cc2ccc(OC)c(OC)c2)cc1. The van der Waals surface area contributed by atoms with E-state index in [0.717, 1.165) is 22.4 Å². The highest BCUT2D eigenvalue weighted by Crippen LogP contribution is 2.30. The Balaban J connectivity index is 1.67. The third-order valence-electron chi connectivity index (χ3n) is 6.94. The monoisotopic (exact) mass is 568 g/mol. The molecule has 42 heavy (non-hydrogen) atoms. The predicted octanol–water partition coefficient (Wildman–Crippen LogP) is 5.35. The first kappa shape index (κ1) is 30.0. The summed E-state index contributed by atoms with van der Waals surface area (Å²) in [6, 6.07) is 28.8. The van der Waals surface area contributed by atoms with Crippen molar-refractivity contribution < 1.29 is 28.5 Å². The summed E-state index contributed by atoms with van der Waals surface area (Å²) in [4.78, 5) is 29.6. The van der Waals surface area contributed by atoms with E-state index in [1.165, 1.54) is 0 Å². The molecule has 1 N–H and O–H groups in total. The fourth-order valence-corrected chi connectivity index (χ4v) is 4.66. The van der Waals surface area contributed by atoms with E-state index in [0.29, 0.717) is 29.4 Å². The van der Waals surface area contributed by atoms with Crippen molar-refractivity contribution in [1.29, 1.82) is 0 Å². The minimum absolute atomic E-state index is 0.0611. The maximum Gasteiger partial charge on any atom is 0.247 e. The highest BCUT2D eigenvalue weighted by Gasteiger charge is 2.31. The van der Waals surface area contributed by atoms with Crippen LogP contribution in [0.25, 0.3) is 0 Å². The van der Waals surface area contributed by atoms with Crippen LogP contribution in [0.3, 0.4) is 0 Å². The van der Waals surface area contributed by atoms with E-state index >= 15 is 0 Å². The van der Waals surface area contributed by atoms with Crippen molar-refractivity contribution in [1.82, 2.24) is 10.2 Å². The first-order chi connectivity index (χ1) is 20.4. The highest BCUT2D eigenvalue weighted by atomic mass is 16.5. The Morgan fingerprint density at radius 1 is 0.667 bits per heavy atom. The van der Waals surface area contributed by atoms with Gasteiger partial charge in [-0.25, -0.2) is 0 Å². The zero-order chi connectivity index (χ0) is 29.9. The lowest BCUT2D eigenvalue weighted by Crippen LogP contribution is -2.43. The summed E-state index contributed by atoms with van der Waals surface area (Å²) in [6.45, 7) is 0.512. The topological polar surface area (TPSA) is 86.3 Å². The summed E-state index contributed by atoms with van der Waals surface area (Å²) in [6.07, 6.45) is 0.0611. The molecule has 0 bridgehead atoms. The maximum absolute atomic E-state index is 14.1. The molecule has 0 aliphatic rings. The van der Waals surface area contributed by atoms with Crippen LogP contribution < -0.4 is 24.3 Å². The Hall–Kier alpha value is -4.98. The van der Waals surface area contributed by atoms with E-state index in [2.05, 4.69) is 5.32 Å². The fourth-order valence-electron chi connectivity index (χ4n) is 4.66. The minimum atomic E-state index is -0.876. The van der Waals surface area contributed by atoms with Crippen LogP contribution in [-0.2, 0) is 29.1 Å². The molecule has 0 aliphatic carbocycles. The number of hydrogen-bond donors (Lipinski definition) is 1. The van der Waals surface area contributed by atoms with E-state index in [4.69, 9.17) is 18.9 Å². The Morgan fingerprint density at radius 2 is 1.24 bits per heavy atom. The number of nitrogens with zero attached hydrogens (tertiary/aromatic N) is 1. The van der Waals surface area contributed by atoms with Crippen LogP contribution in [0, 0.1) is 0 Å². The van der Waals surface area contributed by atoms with Crippen LogP contribution in [0.15, 0.2) is 97.1 Å². The molecule has 0 saturated heterocycles. The number of rotatable bonds is 13. The van der Waals surface area contributed by atoms with Crippen LogP contribution in [-0.4, -0.2) is 45.2 Å². The average Bonchev–Trinajstić information content (AvgIpc) is 3.04. The van der Waals surface area contributed by atoms with Gasteiger partial charge in [0.2, 0.25) is 11.8 Å². The number of hydrogen-bond acceptors (Lipinski definition) is 6. The number of amides is 2. The number of carbonyl (C=O) groups is 2. The first-order valence-corrected chi connectivity index (χ1v) is 13.5. The molecule has 4 rings (SSSR count). The van der Waals surface area contributed by atoms with Gasteiger partial charge in [-0.15, -0.1) is 0 Å². The summed E-state index contributed by atoms with van der Waals surface area (Å²) < 4.78 is 21.4. The molecule has 218 valence electrons. The summed E-state index contributed by atoms with van der Waals surface area (Å²) in [5.74, 6) is 2.04. The second kappa shape index (κ2) is 14.6. The fraction of sp³-hybridized carbons (Fsp3) is 0.235. The van der Waals surface area contributed by atoms with Gasteiger partial charge in [0.25, 0.3) is 0 Å². The summed E-state index contributed by atoms with van der Waals surface area (Å²) in [5, 5.41) is 3.04. The van der Waals surface area contributed by atoms with Crippen molar-refractivity contribution >= 4 is 11.8 Å². The molecule has 0 fully saturated rings. The van der Waals surface area contributed by atoms with Crippen molar-refractivity contribution in [3.63, 3.8) is 0 Å². The lowest BCUT2D eigenvalue weighted by atomic mass is 10.0. The van der Waals surface area contributed by atoms with Gasteiger partial charge in [0.15, 0.2) is 11.5 Å². The van der Waals surface area contributed by atoms with Crippen molar-refractivity contribution in [2.75, 3.05) is 28.4 Å². The van der Waals surface area contributed by atoms with Gasteiger partial charge in [-0.1, -0.05) is 60.7 Å². The van der Waals surface area contributed by atoms with Crippen molar-refractivity contribution in [2.45, 2.75) is 25.6 Å². The molecule has 0 heterocycles. The van der Waals surface area contributed by atoms with Gasteiger partial charge in [-0.3, -0.25) is 9.59 Å². The number of methoxy groups -OCH3 is 4. The van der Waals surface area contributed by atoms with Crippen LogP contribution in [0.5, 0.6) is 23.0 Å². The predicted molar refractivity (Wildman–Crippen MR) is 161 cm³/mol. The largest absolute Gasteiger partial charge is 0.497 e. The number of carbonyl (C=O) groups excluding carboxylic acids is 2. The molecule has 0 unspecified atom stereocenters. The van der Waals surface area contributed by atoms with Gasteiger partial charge in [-0.05, 0) is 58.7 Å². The molecule has 8 heteroatoms. The van der Waals surface area contributed by atoms with Gasteiger partial charge >= 0.3 is 0 Å². The van der Waals surface area contributed by atoms with Gasteiger partial charge < -0.3 is 29.2 Å². The van der Waals surface area contributed by atoms with Crippen molar-refractivity contribution in [2.24, 2.45) is 0 Å². The van der Waals surface area contributed by atoms with Crippen molar-refractivity contribution in [3.8, 4) is 23.0 Å². The molecule has 0 saturated carbocycles. The van der Waals surface area contributed by atoms with E-state index in [1.54, 1.807) is 45.5 Å². The molecule has 4 aromatic carbocycles. The molecule has 0 aliphatic heterocycles. The second-order valence-corrected chi connectivity index (χ2v) is 9.61. The maximum atomic E-state index is 14.1. The second-order valence-electron chi connectivity index (χ2n) is 9.61. The Bertz CT molecular complexity index is 1460. The standard InChI is InChI=1S/C34H36N2O6/c1-39-28-15-10-24(11-16-28)22-35-34(38)33(27-8-6-5-7-9-27)36(23-25-12-17-29(40-2)18-13-25)32(37)21-26-14-19-30(41-3)31(20-26)42-4/h5-20,33H,21-23H2,1-4H3,(H,35,38)/t33-/m1/s1. The molecule has 2 amide bonds. The lowest BCUT2D eigenvalue weighted by Gasteiger charge is -2.32. The van der Waals surface area contributed by atoms with Crippen LogP contribution in [0.1, 0.15) is 28.3 Å². The van der Waals surface area contributed by atoms with Crippen LogP contribution in [0.2, 0.25) is 0 Å². The Labute approximate surface area is 246 Å². The smallest absolute Gasteiger partial charge is 0.247 e. The van der Waals surface area contributed by atoms with Gasteiger partial charge in [0, 0.05) is 13.1 Å². The quantitative estimate of drug-likeness (QED) is 0.234. The Morgan fingerprint density at radius 3 is 1.81 bits per heavy atom. The zero-order valence-electron chi connectivity index (χ0n) is 24.3. The average molecular weight is 569 g/mol. The summed E-state index contributed by atoms with van der Waals surface area (Å²) in [5.41, 5.74) is 3.22. The van der Waals surface area contributed by atoms with Crippen LogP contribution >= 0.6 is 0 Å². The van der Waals surface area contributed by atoms with Gasteiger partial charge in [-0.2, -0.15) is 0 Å². The van der Waals surface area contributed by atoms with E-state index in [9.17, 15) is 9.59 Å². The van der Waals surface area contributed by atoms with Gasteiger partial charge in [0.1, 0.15) is 17.5 Å². The zero-order valence-corrected chi connectivity index (χ0v) is 24.3. The Kier molecular flexibility index (Phi) is 10.4. The molecular weight excluding hydrogens is 532 g/mol. The minimum Gasteiger partial charge on any atom is -0.497 e. The van der Waals surface area contributed by atoms with Gasteiger partial charge in [0.05, 0.1) is 34.9 Å². The number of nitrogens with one attached hydrogen (secondary N) is 1. The van der Waals surface area contributed by atoms with Crippen LogP contribution in [0.4, 0.5) is 0 Å². The highest BCUT2D eigenvalue weighted by molar-refractivity contribution is 5.89. The number of benzene rings is 4. The summed E-state index contributed by atoms with van der Waals surface area (Å²) in [7, 11) is 6.33. The third kappa shape index (κ3) is 7.60. The molecule has 4 aromatic rings. The van der Waals surface area contributed by atoms with E-state index in [1.807, 2.05) is 84.9 Å². The summed E-state index contributed by atoms with van der Waals surface area (Å²) >= 11 is 0. The molecule has 0 aromatic heterocycles. The van der Waals surface area contributed by atoms with Crippen molar-refractivity contribution in [3.05, 3.63) is 119 Å². The normalized spacial score (nSPS) is 11.2. The molecule has 0 radical (unpaired) electrons. The lowest BCUT2D eigenvalue weighted by molar-refractivity contribution is -0.141. The first-order valence-electron chi connectivity index (χ1n) is 13.5.